The molecular weight excluding hydrogens is 222 g/mol. The molecule has 0 aliphatic rings. The maximum Gasteiger partial charge on any atom is 0.409 e. The van der Waals surface area contributed by atoms with E-state index < -0.39 is 12.1 Å². The van der Waals surface area contributed by atoms with E-state index in [9.17, 15) is 9.59 Å². The molecule has 0 bridgehead atoms. The van der Waals surface area contributed by atoms with Crippen LogP contribution in [0.15, 0.2) is 24.3 Å². The van der Waals surface area contributed by atoms with Gasteiger partial charge in [-0.3, -0.25) is 0 Å². The van der Waals surface area contributed by atoms with Crippen LogP contribution >= 0.6 is 0 Å². The lowest BCUT2D eigenvalue weighted by atomic mass is 10.1. The van der Waals surface area contributed by atoms with Gasteiger partial charge in [0, 0.05) is 13.6 Å². The van der Waals surface area contributed by atoms with Gasteiger partial charge < -0.3 is 14.7 Å². The first-order valence-electron chi connectivity index (χ1n) is 5.25. The van der Waals surface area contributed by atoms with Gasteiger partial charge in [-0.1, -0.05) is 18.2 Å². The summed E-state index contributed by atoms with van der Waals surface area (Å²) in [7, 11) is 1.57. The number of carboxylic acids is 1. The third-order valence-electron chi connectivity index (χ3n) is 2.23. The summed E-state index contributed by atoms with van der Waals surface area (Å²) in [5.41, 5.74) is 0.777. The van der Waals surface area contributed by atoms with Crippen molar-refractivity contribution in [3.05, 3.63) is 35.4 Å². The molecular formula is C12H15NO4. The molecule has 17 heavy (non-hydrogen) atoms. The molecule has 5 heteroatoms. The Kier molecular flexibility index (Phi) is 4.51. The maximum absolute atomic E-state index is 11.4. The quantitative estimate of drug-likeness (QED) is 0.869. The molecule has 92 valence electrons. The maximum atomic E-state index is 11.4. The smallest absolute Gasteiger partial charge is 0.409 e. The van der Waals surface area contributed by atoms with Gasteiger partial charge in [0.1, 0.15) is 0 Å². The van der Waals surface area contributed by atoms with Crippen molar-refractivity contribution < 1.29 is 19.4 Å². The van der Waals surface area contributed by atoms with Crippen LogP contribution in [0.1, 0.15) is 22.8 Å². The predicted molar refractivity (Wildman–Crippen MR) is 61.9 cm³/mol. The van der Waals surface area contributed by atoms with Gasteiger partial charge in [-0.25, -0.2) is 9.59 Å². The van der Waals surface area contributed by atoms with Gasteiger partial charge in [0.25, 0.3) is 0 Å². The van der Waals surface area contributed by atoms with Crippen molar-refractivity contribution in [3.63, 3.8) is 0 Å². The molecule has 0 aromatic heterocycles. The first-order valence-corrected chi connectivity index (χ1v) is 5.25. The number of carbonyl (C=O) groups is 2. The van der Waals surface area contributed by atoms with Gasteiger partial charge in [-0.05, 0) is 18.6 Å². The molecule has 1 N–H and O–H groups in total. The summed E-state index contributed by atoms with van der Waals surface area (Å²) in [5.74, 6) is -1.00. The van der Waals surface area contributed by atoms with E-state index in [2.05, 4.69) is 0 Å². The van der Waals surface area contributed by atoms with Gasteiger partial charge >= 0.3 is 12.1 Å². The monoisotopic (exact) mass is 237 g/mol. The Balaban J connectivity index is 2.81. The lowest BCUT2D eigenvalue weighted by molar-refractivity contribution is 0.0693. The fourth-order valence-corrected chi connectivity index (χ4v) is 1.42. The molecule has 1 amide bonds. The highest BCUT2D eigenvalue weighted by Crippen LogP contribution is 2.11. The van der Waals surface area contributed by atoms with Gasteiger partial charge in [-0.2, -0.15) is 0 Å². The number of ether oxygens (including phenoxy) is 1. The number of hydrogen-bond donors (Lipinski definition) is 1. The van der Waals surface area contributed by atoms with Crippen LogP contribution in [0.4, 0.5) is 4.79 Å². The Morgan fingerprint density at radius 2 is 2.00 bits per heavy atom. The summed E-state index contributed by atoms with van der Waals surface area (Å²) in [4.78, 5) is 23.7. The van der Waals surface area contributed by atoms with Gasteiger partial charge in [-0.15, -0.1) is 0 Å². The van der Waals surface area contributed by atoms with E-state index in [1.54, 1.807) is 32.2 Å². The number of nitrogens with zero attached hydrogens (tertiary/aromatic N) is 1. The van der Waals surface area contributed by atoms with Crippen molar-refractivity contribution >= 4 is 12.1 Å². The molecule has 0 aliphatic carbocycles. The minimum atomic E-state index is -1.00. The van der Waals surface area contributed by atoms with Crippen LogP contribution in [0, 0.1) is 0 Å². The van der Waals surface area contributed by atoms with E-state index in [1.165, 1.54) is 11.0 Å². The standard InChI is InChI=1S/C12H15NO4/c1-3-17-12(16)13(2)8-9-6-4-5-7-10(9)11(14)15/h4-7H,3,8H2,1-2H3,(H,14,15). The van der Waals surface area contributed by atoms with Crippen LogP contribution in [0.5, 0.6) is 0 Å². The van der Waals surface area contributed by atoms with Crippen LogP contribution in [0.2, 0.25) is 0 Å². The fourth-order valence-electron chi connectivity index (χ4n) is 1.42. The summed E-state index contributed by atoms with van der Waals surface area (Å²) in [6, 6.07) is 6.58. The summed E-state index contributed by atoms with van der Waals surface area (Å²) >= 11 is 0. The molecule has 0 saturated heterocycles. The molecule has 0 aliphatic heterocycles. The highest BCUT2D eigenvalue weighted by Gasteiger charge is 2.14. The molecule has 1 aromatic carbocycles. The molecule has 0 atom stereocenters. The molecule has 0 spiro atoms. The van der Waals surface area contributed by atoms with Crippen LogP contribution in [-0.2, 0) is 11.3 Å². The van der Waals surface area contributed by atoms with Crippen molar-refractivity contribution in [2.45, 2.75) is 13.5 Å². The number of benzene rings is 1. The predicted octanol–water partition coefficient (Wildman–Crippen LogP) is 1.97. The minimum absolute atomic E-state index is 0.198. The van der Waals surface area contributed by atoms with Crippen LogP contribution < -0.4 is 0 Å². The van der Waals surface area contributed by atoms with Crippen molar-refractivity contribution in [3.8, 4) is 0 Å². The van der Waals surface area contributed by atoms with Crippen LogP contribution in [0.25, 0.3) is 0 Å². The lowest BCUT2D eigenvalue weighted by Gasteiger charge is -2.17. The average Bonchev–Trinajstić information content (AvgIpc) is 2.29. The lowest BCUT2D eigenvalue weighted by Crippen LogP contribution is -2.27. The average molecular weight is 237 g/mol. The number of aromatic carboxylic acids is 1. The van der Waals surface area contributed by atoms with Crippen molar-refractivity contribution in [2.75, 3.05) is 13.7 Å². The van der Waals surface area contributed by atoms with E-state index in [1.807, 2.05) is 0 Å². The third kappa shape index (κ3) is 3.48. The summed E-state index contributed by atoms with van der Waals surface area (Å²) < 4.78 is 4.82. The second-order valence-corrected chi connectivity index (χ2v) is 3.52. The molecule has 1 aromatic rings. The third-order valence-corrected chi connectivity index (χ3v) is 2.23. The van der Waals surface area contributed by atoms with Gasteiger partial charge in [0.2, 0.25) is 0 Å². The van der Waals surface area contributed by atoms with Crippen molar-refractivity contribution in [2.24, 2.45) is 0 Å². The van der Waals surface area contributed by atoms with E-state index in [0.717, 1.165) is 0 Å². The summed E-state index contributed by atoms with van der Waals surface area (Å²) in [5, 5.41) is 8.99. The molecule has 1 rings (SSSR count). The van der Waals surface area contributed by atoms with E-state index in [4.69, 9.17) is 9.84 Å². The molecule has 0 heterocycles. The Bertz CT molecular complexity index is 417. The number of carboxylic acid groups (broad SMARTS) is 1. The second-order valence-electron chi connectivity index (χ2n) is 3.52. The Labute approximate surface area is 99.6 Å². The first-order chi connectivity index (χ1) is 8.06. The molecule has 0 radical (unpaired) electrons. The number of carbonyl (C=O) groups excluding carboxylic acids is 1. The SMILES string of the molecule is CCOC(=O)N(C)Cc1ccccc1C(=O)O. The van der Waals surface area contributed by atoms with E-state index in [-0.39, 0.29) is 12.1 Å². The fraction of sp³-hybridized carbons (Fsp3) is 0.333. The highest BCUT2D eigenvalue weighted by molar-refractivity contribution is 5.89. The number of rotatable bonds is 4. The van der Waals surface area contributed by atoms with Crippen LogP contribution in [-0.4, -0.2) is 35.7 Å². The number of hydrogen-bond acceptors (Lipinski definition) is 3. The Morgan fingerprint density at radius 3 is 2.59 bits per heavy atom. The molecule has 0 saturated carbocycles. The zero-order valence-electron chi connectivity index (χ0n) is 9.84. The zero-order chi connectivity index (χ0) is 12.8. The van der Waals surface area contributed by atoms with Gasteiger partial charge in [0.05, 0.1) is 12.2 Å². The second kappa shape index (κ2) is 5.89. The first kappa shape index (κ1) is 13.0. The van der Waals surface area contributed by atoms with E-state index >= 15 is 0 Å². The largest absolute Gasteiger partial charge is 0.478 e. The minimum Gasteiger partial charge on any atom is -0.478 e. The molecule has 5 nitrogen and oxygen atoms in total. The van der Waals surface area contributed by atoms with E-state index in [0.29, 0.717) is 12.2 Å². The topological polar surface area (TPSA) is 66.8 Å². The van der Waals surface area contributed by atoms with Gasteiger partial charge in [0.15, 0.2) is 0 Å². The van der Waals surface area contributed by atoms with Crippen LogP contribution in [0.3, 0.4) is 0 Å². The summed E-state index contributed by atoms with van der Waals surface area (Å²) in [6.07, 6.45) is -0.465. The molecule has 0 unspecified atom stereocenters. The Hall–Kier alpha value is -2.04. The molecule has 0 fully saturated rings. The van der Waals surface area contributed by atoms with Crippen molar-refractivity contribution in [1.29, 1.82) is 0 Å². The Morgan fingerprint density at radius 1 is 1.35 bits per heavy atom. The zero-order valence-corrected chi connectivity index (χ0v) is 9.84. The number of amides is 1. The summed E-state index contributed by atoms with van der Waals surface area (Å²) in [6.45, 7) is 2.22. The highest BCUT2D eigenvalue weighted by atomic mass is 16.5. The van der Waals surface area contributed by atoms with Crippen molar-refractivity contribution in [1.82, 2.24) is 4.90 Å². The normalized spacial score (nSPS) is 9.76.